The van der Waals surface area contributed by atoms with Crippen LogP contribution >= 0.6 is 0 Å². The molecule has 7 nitrogen and oxygen atoms in total. The Morgan fingerprint density at radius 2 is 2.05 bits per heavy atom. The van der Waals surface area contributed by atoms with Gasteiger partial charge in [-0.3, -0.25) is 9.59 Å². The molecule has 0 aromatic rings. The number of carboxylic acids is 1. The number of carbonyl (C=O) groups excluding carboxylic acids is 2. The van der Waals surface area contributed by atoms with Crippen LogP contribution in [-0.2, 0) is 9.59 Å². The highest BCUT2D eigenvalue weighted by Gasteiger charge is 2.44. The van der Waals surface area contributed by atoms with E-state index in [-0.39, 0.29) is 18.5 Å². The van der Waals surface area contributed by atoms with Crippen LogP contribution in [0.3, 0.4) is 0 Å². The van der Waals surface area contributed by atoms with Crippen molar-refractivity contribution in [2.45, 2.75) is 25.7 Å². The molecular weight excluding hydrogens is 250 g/mol. The van der Waals surface area contributed by atoms with Crippen molar-refractivity contribution in [1.82, 2.24) is 10.2 Å². The molecule has 1 unspecified atom stereocenters. The summed E-state index contributed by atoms with van der Waals surface area (Å²) >= 11 is 0. The number of hydrogen-bond donors (Lipinski definition) is 3. The molecule has 2 rings (SSSR count). The molecule has 1 aliphatic heterocycles. The van der Waals surface area contributed by atoms with Crippen LogP contribution in [0.4, 0.5) is 4.79 Å². The van der Waals surface area contributed by atoms with Crippen molar-refractivity contribution >= 4 is 17.9 Å². The average molecular weight is 269 g/mol. The van der Waals surface area contributed by atoms with Crippen LogP contribution in [-0.4, -0.2) is 47.5 Å². The fourth-order valence-electron chi connectivity index (χ4n) is 2.60. The molecule has 0 radical (unpaired) electrons. The highest BCUT2D eigenvalue weighted by Crippen LogP contribution is 2.40. The molecule has 0 bridgehead atoms. The smallest absolute Gasteiger partial charge is 0.317 e. The van der Waals surface area contributed by atoms with E-state index in [1.807, 2.05) is 0 Å². The number of hydrogen-bond acceptors (Lipinski definition) is 3. The second-order valence-electron chi connectivity index (χ2n) is 5.43. The molecule has 19 heavy (non-hydrogen) atoms. The minimum absolute atomic E-state index is 0.152. The van der Waals surface area contributed by atoms with Gasteiger partial charge in [-0.2, -0.15) is 0 Å². The normalized spacial score (nSPS) is 24.6. The standard InChI is InChI=1S/C12H19N3O4/c13-9(16)8-2-5-15(6-8)11(19)14-7-12(10(17)18)3-1-4-12/h8H,1-7H2,(H2,13,16)(H,14,19)(H,17,18). The van der Waals surface area contributed by atoms with E-state index < -0.39 is 17.3 Å². The third kappa shape index (κ3) is 2.64. The van der Waals surface area contributed by atoms with E-state index in [4.69, 9.17) is 10.8 Å². The van der Waals surface area contributed by atoms with Gasteiger partial charge >= 0.3 is 12.0 Å². The SMILES string of the molecule is NC(=O)C1CCN(C(=O)NCC2(C(=O)O)CCC2)C1. The van der Waals surface area contributed by atoms with Gasteiger partial charge in [-0.25, -0.2) is 4.79 Å². The fraction of sp³-hybridized carbons (Fsp3) is 0.750. The summed E-state index contributed by atoms with van der Waals surface area (Å²) in [6.45, 7) is 0.958. The zero-order chi connectivity index (χ0) is 14.0. The first kappa shape index (κ1) is 13.6. The first-order valence-corrected chi connectivity index (χ1v) is 6.50. The molecule has 1 aliphatic carbocycles. The predicted octanol–water partition coefficient (Wildman–Crippen LogP) is -0.242. The maximum atomic E-state index is 11.9. The molecule has 2 fully saturated rings. The van der Waals surface area contributed by atoms with Gasteiger partial charge in [0.25, 0.3) is 0 Å². The summed E-state index contributed by atoms with van der Waals surface area (Å²) in [7, 11) is 0. The van der Waals surface area contributed by atoms with E-state index in [9.17, 15) is 14.4 Å². The van der Waals surface area contributed by atoms with Gasteiger partial charge in [0.2, 0.25) is 5.91 Å². The number of urea groups is 1. The van der Waals surface area contributed by atoms with Gasteiger partial charge < -0.3 is 21.1 Å². The molecule has 1 heterocycles. The van der Waals surface area contributed by atoms with Crippen LogP contribution in [0.1, 0.15) is 25.7 Å². The van der Waals surface area contributed by atoms with Crippen LogP contribution in [0.15, 0.2) is 0 Å². The number of likely N-dealkylation sites (tertiary alicyclic amines) is 1. The maximum Gasteiger partial charge on any atom is 0.317 e. The number of nitrogens with two attached hydrogens (primary N) is 1. The number of carboxylic acid groups (broad SMARTS) is 1. The van der Waals surface area contributed by atoms with E-state index in [1.165, 1.54) is 4.90 Å². The van der Waals surface area contributed by atoms with Gasteiger partial charge in [0, 0.05) is 19.6 Å². The number of aliphatic carboxylic acids is 1. The molecular formula is C12H19N3O4. The Bertz CT molecular complexity index is 406. The van der Waals surface area contributed by atoms with Gasteiger partial charge in [0.1, 0.15) is 0 Å². The summed E-state index contributed by atoms with van der Waals surface area (Å²) in [4.78, 5) is 35.6. The van der Waals surface area contributed by atoms with Crippen molar-refractivity contribution in [3.63, 3.8) is 0 Å². The van der Waals surface area contributed by atoms with Crippen molar-refractivity contribution in [2.75, 3.05) is 19.6 Å². The minimum atomic E-state index is -0.851. The summed E-state index contributed by atoms with van der Waals surface area (Å²) in [5.74, 6) is -1.53. The number of nitrogens with one attached hydrogen (secondary N) is 1. The Morgan fingerprint density at radius 1 is 1.37 bits per heavy atom. The minimum Gasteiger partial charge on any atom is -0.481 e. The molecule has 2 aliphatic rings. The predicted molar refractivity (Wildman–Crippen MR) is 66.2 cm³/mol. The van der Waals surface area contributed by atoms with Gasteiger partial charge in [-0.05, 0) is 19.3 Å². The van der Waals surface area contributed by atoms with Gasteiger partial charge in [0.05, 0.1) is 11.3 Å². The first-order chi connectivity index (χ1) is 8.94. The Hall–Kier alpha value is -1.79. The zero-order valence-corrected chi connectivity index (χ0v) is 10.7. The number of primary amides is 1. The number of nitrogens with zero attached hydrogens (tertiary/aromatic N) is 1. The molecule has 1 atom stereocenters. The zero-order valence-electron chi connectivity index (χ0n) is 10.7. The Morgan fingerprint density at radius 3 is 2.47 bits per heavy atom. The average Bonchev–Trinajstić information content (AvgIpc) is 2.75. The van der Waals surface area contributed by atoms with E-state index in [2.05, 4.69) is 5.32 Å². The number of carbonyl (C=O) groups is 3. The first-order valence-electron chi connectivity index (χ1n) is 6.50. The van der Waals surface area contributed by atoms with Gasteiger partial charge in [-0.1, -0.05) is 6.42 Å². The molecule has 3 amide bonds. The molecule has 1 saturated carbocycles. The topological polar surface area (TPSA) is 113 Å². The van der Waals surface area contributed by atoms with Crippen molar-refractivity contribution in [2.24, 2.45) is 17.1 Å². The molecule has 1 saturated heterocycles. The third-order valence-corrected chi connectivity index (χ3v) is 4.22. The third-order valence-electron chi connectivity index (χ3n) is 4.22. The van der Waals surface area contributed by atoms with E-state index in [1.54, 1.807) is 0 Å². The van der Waals surface area contributed by atoms with E-state index in [0.29, 0.717) is 32.4 Å². The molecule has 106 valence electrons. The Kier molecular flexibility index (Phi) is 3.64. The van der Waals surface area contributed by atoms with Crippen molar-refractivity contribution in [1.29, 1.82) is 0 Å². The Balaban J connectivity index is 1.82. The van der Waals surface area contributed by atoms with Crippen molar-refractivity contribution < 1.29 is 19.5 Å². The van der Waals surface area contributed by atoms with Crippen LogP contribution in [0.5, 0.6) is 0 Å². The largest absolute Gasteiger partial charge is 0.481 e. The van der Waals surface area contributed by atoms with E-state index >= 15 is 0 Å². The van der Waals surface area contributed by atoms with Gasteiger partial charge in [0.15, 0.2) is 0 Å². The maximum absolute atomic E-state index is 11.9. The molecule has 0 spiro atoms. The van der Waals surface area contributed by atoms with Crippen LogP contribution < -0.4 is 11.1 Å². The fourth-order valence-corrected chi connectivity index (χ4v) is 2.60. The van der Waals surface area contributed by atoms with Crippen molar-refractivity contribution in [3.8, 4) is 0 Å². The summed E-state index contributed by atoms with van der Waals surface area (Å²) in [5.41, 5.74) is 4.41. The molecule has 0 aromatic heterocycles. The van der Waals surface area contributed by atoms with Crippen molar-refractivity contribution in [3.05, 3.63) is 0 Å². The molecule has 7 heteroatoms. The van der Waals surface area contributed by atoms with E-state index in [0.717, 1.165) is 6.42 Å². The highest BCUT2D eigenvalue weighted by atomic mass is 16.4. The lowest BCUT2D eigenvalue weighted by Crippen LogP contribution is -2.50. The lowest BCUT2D eigenvalue weighted by atomic mass is 9.69. The summed E-state index contributed by atoms with van der Waals surface area (Å²) in [5, 5.41) is 11.8. The monoisotopic (exact) mass is 269 g/mol. The highest BCUT2D eigenvalue weighted by molar-refractivity contribution is 5.81. The number of amides is 3. The van der Waals surface area contributed by atoms with Crippen LogP contribution in [0, 0.1) is 11.3 Å². The second-order valence-corrected chi connectivity index (χ2v) is 5.43. The summed E-state index contributed by atoms with van der Waals surface area (Å²) in [6.07, 6.45) is 2.67. The van der Waals surface area contributed by atoms with Crippen LogP contribution in [0.25, 0.3) is 0 Å². The molecule has 0 aromatic carbocycles. The number of rotatable bonds is 4. The quantitative estimate of drug-likeness (QED) is 0.653. The van der Waals surface area contributed by atoms with Crippen LogP contribution in [0.2, 0.25) is 0 Å². The lowest BCUT2D eigenvalue weighted by Gasteiger charge is -2.37. The molecule has 4 N–H and O–H groups in total. The Labute approximate surface area is 111 Å². The second kappa shape index (κ2) is 5.07. The van der Waals surface area contributed by atoms with Gasteiger partial charge in [-0.15, -0.1) is 0 Å². The lowest BCUT2D eigenvalue weighted by molar-refractivity contribution is -0.153. The summed E-state index contributed by atoms with van der Waals surface area (Å²) < 4.78 is 0. The summed E-state index contributed by atoms with van der Waals surface area (Å²) in [6, 6.07) is -0.309.